The highest BCUT2D eigenvalue weighted by Crippen LogP contribution is 2.36. The topological polar surface area (TPSA) is 66.5 Å². The smallest absolute Gasteiger partial charge is 0.251 e. The van der Waals surface area contributed by atoms with E-state index in [4.69, 9.17) is 0 Å². The third-order valence-electron chi connectivity index (χ3n) is 4.27. The van der Waals surface area contributed by atoms with Gasteiger partial charge in [0, 0.05) is 30.3 Å². The molecule has 9 heteroatoms. The van der Waals surface area contributed by atoms with E-state index in [0.717, 1.165) is 27.1 Å². The van der Waals surface area contributed by atoms with Crippen LogP contribution in [0.3, 0.4) is 0 Å². The van der Waals surface area contributed by atoms with Crippen LogP contribution in [-0.2, 0) is 10.0 Å². The minimum atomic E-state index is -4.03. The molecule has 2 aromatic carbocycles. The minimum Gasteiger partial charge on any atom is -0.345 e. The number of amides is 1. The molecule has 1 N–H and O–H groups in total. The average molecular weight is 412 g/mol. The van der Waals surface area contributed by atoms with Gasteiger partial charge in [0.25, 0.3) is 5.91 Å². The van der Waals surface area contributed by atoms with Crippen LogP contribution in [-0.4, -0.2) is 38.5 Å². The van der Waals surface area contributed by atoms with Crippen molar-refractivity contribution in [2.75, 3.05) is 19.8 Å². The maximum atomic E-state index is 14.0. The SMILES string of the molecule is CN(C)S(=O)(=O)c1cc(C(=O)NC2CCSc3ccc(F)cc32)ccc1F. The zero-order chi connectivity index (χ0) is 19.8. The quantitative estimate of drug-likeness (QED) is 0.838. The number of hydrogen-bond acceptors (Lipinski definition) is 4. The van der Waals surface area contributed by atoms with Gasteiger partial charge in [0.15, 0.2) is 0 Å². The lowest BCUT2D eigenvalue weighted by Crippen LogP contribution is -2.31. The molecule has 2 aromatic rings. The van der Waals surface area contributed by atoms with Crippen molar-refractivity contribution in [3.8, 4) is 0 Å². The minimum absolute atomic E-state index is 0.0213. The number of rotatable bonds is 4. The summed E-state index contributed by atoms with van der Waals surface area (Å²) in [7, 11) is -1.46. The Bertz CT molecular complexity index is 994. The standard InChI is InChI=1S/C18H18F2N2O3S2/c1-22(2)27(24,25)17-9-11(3-5-14(17)20)18(23)21-15-7-8-26-16-6-4-12(19)10-13(15)16/h3-6,9-10,15H,7-8H2,1-2H3,(H,21,23). The zero-order valence-electron chi connectivity index (χ0n) is 14.7. The van der Waals surface area contributed by atoms with Gasteiger partial charge >= 0.3 is 0 Å². The van der Waals surface area contributed by atoms with Crippen molar-refractivity contribution in [2.24, 2.45) is 0 Å². The van der Waals surface area contributed by atoms with Crippen molar-refractivity contribution in [2.45, 2.75) is 22.3 Å². The summed E-state index contributed by atoms with van der Waals surface area (Å²) in [4.78, 5) is 13.0. The molecule has 27 heavy (non-hydrogen) atoms. The summed E-state index contributed by atoms with van der Waals surface area (Å²) in [5.74, 6) is -1.11. The van der Waals surface area contributed by atoms with E-state index < -0.39 is 38.5 Å². The first-order chi connectivity index (χ1) is 12.7. The van der Waals surface area contributed by atoms with Gasteiger partial charge in [0.05, 0.1) is 6.04 Å². The molecule has 5 nitrogen and oxygen atoms in total. The molecule has 0 saturated heterocycles. The molecule has 0 spiro atoms. The van der Waals surface area contributed by atoms with E-state index in [9.17, 15) is 22.0 Å². The third-order valence-corrected chi connectivity index (χ3v) is 7.22. The maximum absolute atomic E-state index is 14.0. The van der Waals surface area contributed by atoms with Gasteiger partial charge in [-0.15, -0.1) is 11.8 Å². The molecule has 3 rings (SSSR count). The molecule has 1 atom stereocenters. The van der Waals surface area contributed by atoms with Crippen LogP contribution in [0, 0.1) is 11.6 Å². The van der Waals surface area contributed by atoms with Crippen LogP contribution in [0.5, 0.6) is 0 Å². The van der Waals surface area contributed by atoms with E-state index in [0.29, 0.717) is 12.0 Å². The van der Waals surface area contributed by atoms with Gasteiger partial charge in [-0.25, -0.2) is 21.5 Å². The van der Waals surface area contributed by atoms with Crippen molar-refractivity contribution < 1.29 is 22.0 Å². The molecule has 0 fully saturated rings. The summed E-state index contributed by atoms with van der Waals surface area (Å²) in [6.45, 7) is 0. The van der Waals surface area contributed by atoms with E-state index in [1.54, 1.807) is 17.8 Å². The van der Waals surface area contributed by atoms with Crippen molar-refractivity contribution in [3.63, 3.8) is 0 Å². The number of hydrogen-bond donors (Lipinski definition) is 1. The Labute approximate surface area is 160 Å². The summed E-state index contributed by atoms with van der Waals surface area (Å²) in [6.07, 6.45) is 0.608. The van der Waals surface area contributed by atoms with Crippen LogP contribution in [0.1, 0.15) is 28.4 Å². The predicted molar refractivity (Wildman–Crippen MR) is 99.2 cm³/mol. The van der Waals surface area contributed by atoms with Crippen LogP contribution in [0.15, 0.2) is 46.2 Å². The third kappa shape index (κ3) is 3.99. The number of thioether (sulfide) groups is 1. The van der Waals surface area contributed by atoms with Gasteiger partial charge in [0.1, 0.15) is 16.5 Å². The lowest BCUT2D eigenvalue weighted by Gasteiger charge is -2.26. The molecule has 144 valence electrons. The Balaban J connectivity index is 1.90. The molecule has 0 radical (unpaired) electrons. The number of halogens is 2. The number of benzene rings is 2. The number of sulfonamides is 1. The molecule has 1 aliphatic heterocycles. The fourth-order valence-electron chi connectivity index (χ4n) is 2.80. The van der Waals surface area contributed by atoms with Gasteiger partial charge in [-0.1, -0.05) is 0 Å². The van der Waals surface area contributed by atoms with E-state index in [1.807, 2.05) is 0 Å². The first kappa shape index (κ1) is 19.8. The van der Waals surface area contributed by atoms with Crippen LogP contribution in [0.4, 0.5) is 8.78 Å². The number of carbonyl (C=O) groups excluding carboxylic acids is 1. The predicted octanol–water partition coefficient (Wildman–Crippen LogP) is 3.18. The lowest BCUT2D eigenvalue weighted by atomic mass is 10.0. The van der Waals surface area contributed by atoms with Gasteiger partial charge in [0.2, 0.25) is 10.0 Å². The van der Waals surface area contributed by atoms with Crippen molar-refractivity contribution in [1.29, 1.82) is 0 Å². The molecule has 1 amide bonds. The number of nitrogens with zero attached hydrogens (tertiary/aromatic N) is 1. The molecular weight excluding hydrogens is 394 g/mol. The Morgan fingerprint density at radius 3 is 2.63 bits per heavy atom. The Hall–Kier alpha value is -1.97. The summed E-state index contributed by atoms with van der Waals surface area (Å²) in [5.41, 5.74) is 0.704. The monoisotopic (exact) mass is 412 g/mol. The van der Waals surface area contributed by atoms with E-state index >= 15 is 0 Å². The molecule has 0 bridgehead atoms. The molecular formula is C18H18F2N2O3S2. The maximum Gasteiger partial charge on any atom is 0.251 e. The Morgan fingerprint density at radius 2 is 1.93 bits per heavy atom. The van der Waals surface area contributed by atoms with Crippen LogP contribution < -0.4 is 5.32 Å². The molecule has 1 unspecified atom stereocenters. The molecule has 1 aliphatic rings. The van der Waals surface area contributed by atoms with Crippen LogP contribution >= 0.6 is 11.8 Å². The highest BCUT2D eigenvalue weighted by Gasteiger charge is 2.26. The molecule has 0 aliphatic carbocycles. The fraction of sp³-hybridized carbons (Fsp3) is 0.278. The summed E-state index contributed by atoms with van der Waals surface area (Å²) < 4.78 is 52.9. The van der Waals surface area contributed by atoms with Gasteiger partial charge in [-0.3, -0.25) is 4.79 Å². The van der Waals surface area contributed by atoms with Gasteiger partial charge < -0.3 is 5.32 Å². The van der Waals surface area contributed by atoms with Gasteiger partial charge in [-0.05, 0) is 48.4 Å². The zero-order valence-corrected chi connectivity index (χ0v) is 16.3. The number of carbonyl (C=O) groups is 1. The van der Waals surface area contributed by atoms with E-state index in [2.05, 4.69) is 5.32 Å². The summed E-state index contributed by atoms with van der Waals surface area (Å²) >= 11 is 1.58. The Kier molecular flexibility index (Phi) is 5.55. The summed E-state index contributed by atoms with van der Waals surface area (Å²) in [5, 5.41) is 2.80. The molecule has 1 heterocycles. The van der Waals surface area contributed by atoms with Crippen molar-refractivity contribution >= 4 is 27.7 Å². The Morgan fingerprint density at radius 1 is 1.19 bits per heavy atom. The van der Waals surface area contributed by atoms with Crippen LogP contribution in [0.25, 0.3) is 0 Å². The largest absolute Gasteiger partial charge is 0.345 e. The van der Waals surface area contributed by atoms with Crippen molar-refractivity contribution in [1.82, 2.24) is 9.62 Å². The van der Waals surface area contributed by atoms with E-state index in [-0.39, 0.29) is 5.56 Å². The van der Waals surface area contributed by atoms with Crippen molar-refractivity contribution in [3.05, 3.63) is 59.2 Å². The summed E-state index contributed by atoms with van der Waals surface area (Å²) in [6, 6.07) is 7.23. The number of fused-ring (bicyclic) bond motifs is 1. The first-order valence-corrected chi connectivity index (χ1v) is 10.6. The second-order valence-corrected chi connectivity index (χ2v) is 9.53. The van der Waals surface area contributed by atoms with Crippen LogP contribution in [0.2, 0.25) is 0 Å². The fourth-order valence-corrected chi connectivity index (χ4v) is 4.89. The average Bonchev–Trinajstić information content (AvgIpc) is 2.62. The normalized spacial score (nSPS) is 16.9. The second kappa shape index (κ2) is 7.57. The number of nitrogens with one attached hydrogen (secondary N) is 1. The lowest BCUT2D eigenvalue weighted by molar-refractivity contribution is 0.0934. The molecule has 0 saturated carbocycles. The van der Waals surface area contributed by atoms with Gasteiger partial charge in [-0.2, -0.15) is 0 Å². The molecule has 0 aromatic heterocycles. The highest BCUT2D eigenvalue weighted by atomic mass is 32.2. The van der Waals surface area contributed by atoms with E-state index in [1.165, 1.54) is 32.3 Å². The first-order valence-electron chi connectivity index (χ1n) is 8.15. The second-order valence-electron chi connectivity index (χ2n) is 6.28. The highest BCUT2D eigenvalue weighted by molar-refractivity contribution is 7.99.